The van der Waals surface area contributed by atoms with Crippen LogP contribution in [0.25, 0.3) is 0 Å². The summed E-state index contributed by atoms with van der Waals surface area (Å²) in [5, 5.41) is 10.3. The molecule has 1 aliphatic rings. The average molecular weight is 382 g/mol. The first-order valence-electron chi connectivity index (χ1n) is 9.97. The number of aliphatic imine (C=N–C) groups is 1. The normalized spacial score (nSPS) is 18.0. The number of guanidine groups is 1. The van der Waals surface area contributed by atoms with E-state index in [1.165, 1.54) is 5.56 Å². The van der Waals surface area contributed by atoms with E-state index >= 15 is 0 Å². The Labute approximate surface area is 167 Å². The predicted molar refractivity (Wildman–Crippen MR) is 115 cm³/mol. The van der Waals surface area contributed by atoms with Crippen molar-refractivity contribution in [1.82, 2.24) is 15.6 Å². The fraction of sp³-hybridized carbons (Fsp3) is 0.455. The first-order valence-corrected chi connectivity index (χ1v) is 9.97. The molecule has 0 radical (unpaired) electrons. The maximum absolute atomic E-state index is 6.11. The summed E-state index contributed by atoms with van der Waals surface area (Å²) in [6.07, 6.45) is 4.80. The summed E-state index contributed by atoms with van der Waals surface area (Å²) in [5.41, 5.74) is 0.978. The Morgan fingerprint density at radius 3 is 2.71 bits per heavy atom. The maximum atomic E-state index is 6.11. The van der Waals surface area contributed by atoms with Gasteiger partial charge in [-0.3, -0.25) is 4.99 Å². The number of hydrogen-bond acceptors (Lipinski definition) is 4. The maximum Gasteiger partial charge on any atom is 0.191 e. The zero-order valence-electron chi connectivity index (χ0n) is 17.0. The molecule has 0 saturated carbocycles. The minimum Gasteiger partial charge on any atom is -0.487 e. The molecule has 0 fully saturated rings. The van der Waals surface area contributed by atoms with Crippen molar-refractivity contribution in [2.75, 3.05) is 25.5 Å². The molecule has 0 saturated heterocycles. The smallest absolute Gasteiger partial charge is 0.191 e. The minimum absolute atomic E-state index is 0.178. The molecule has 2 heterocycles. The van der Waals surface area contributed by atoms with Crippen molar-refractivity contribution < 1.29 is 4.74 Å². The van der Waals surface area contributed by atoms with E-state index in [9.17, 15) is 0 Å². The van der Waals surface area contributed by atoms with Crippen LogP contribution in [0.15, 0.2) is 53.7 Å². The monoisotopic (exact) mass is 381 g/mol. The number of ether oxygens (including phenoxy) is 1. The van der Waals surface area contributed by atoms with Gasteiger partial charge < -0.3 is 20.7 Å². The summed E-state index contributed by atoms with van der Waals surface area (Å²) in [7, 11) is 1.81. The number of pyridine rings is 1. The Morgan fingerprint density at radius 1 is 1.14 bits per heavy atom. The van der Waals surface area contributed by atoms with E-state index < -0.39 is 0 Å². The summed E-state index contributed by atoms with van der Waals surface area (Å²) in [4.78, 5) is 8.66. The number of aromatic nitrogens is 1. The van der Waals surface area contributed by atoms with Crippen LogP contribution in [0.4, 0.5) is 5.82 Å². The van der Waals surface area contributed by atoms with E-state index in [2.05, 4.69) is 51.9 Å². The van der Waals surface area contributed by atoms with E-state index in [0.717, 1.165) is 49.9 Å². The fourth-order valence-corrected chi connectivity index (χ4v) is 3.43. The van der Waals surface area contributed by atoms with E-state index in [1.54, 1.807) is 6.20 Å². The van der Waals surface area contributed by atoms with Crippen LogP contribution in [0.1, 0.15) is 44.7 Å². The Bertz CT molecular complexity index is 776. The number of nitrogens with zero attached hydrogens (tertiary/aromatic N) is 2. The highest BCUT2D eigenvalue weighted by Gasteiger charge is 2.33. The van der Waals surface area contributed by atoms with Crippen molar-refractivity contribution in [3.63, 3.8) is 0 Å². The van der Waals surface area contributed by atoms with Gasteiger partial charge in [0.2, 0.25) is 0 Å². The van der Waals surface area contributed by atoms with Gasteiger partial charge in [-0.15, -0.1) is 0 Å². The van der Waals surface area contributed by atoms with Crippen LogP contribution < -0.4 is 20.7 Å². The van der Waals surface area contributed by atoms with Gasteiger partial charge in [-0.25, -0.2) is 4.98 Å². The Balaban J connectivity index is 1.44. The van der Waals surface area contributed by atoms with Crippen molar-refractivity contribution in [2.45, 2.75) is 44.8 Å². The highest BCUT2D eigenvalue weighted by Crippen LogP contribution is 2.39. The molecule has 0 bridgehead atoms. The lowest BCUT2D eigenvalue weighted by Gasteiger charge is -2.38. The van der Waals surface area contributed by atoms with E-state index in [1.807, 2.05) is 37.4 Å². The van der Waals surface area contributed by atoms with E-state index in [4.69, 9.17) is 4.74 Å². The van der Waals surface area contributed by atoms with Crippen molar-refractivity contribution in [1.29, 1.82) is 0 Å². The first-order chi connectivity index (χ1) is 13.6. The zero-order chi connectivity index (χ0) is 19.8. The third-order valence-electron chi connectivity index (χ3n) is 4.78. The molecule has 6 nitrogen and oxygen atoms in total. The van der Waals surface area contributed by atoms with Crippen LogP contribution in [0, 0.1) is 0 Å². The molecule has 3 N–H and O–H groups in total. The molecule has 1 atom stereocenters. The molecule has 0 amide bonds. The second kappa shape index (κ2) is 9.44. The summed E-state index contributed by atoms with van der Waals surface area (Å²) < 4.78 is 6.11. The van der Waals surface area contributed by atoms with Crippen LogP contribution in [-0.2, 0) is 0 Å². The second-order valence-corrected chi connectivity index (χ2v) is 7.65. The number of hydrogen-bond donors (Lipinski definition) is 3. The van der Waals surface area contributed by atoms with Crippen molar-refractivity contribution in [3.8, 4) is 5.75 Å². The lowest BCUT2D eigenvalue weighted by atomic mass is 9.90. The molecule has 3 rings (SSSR count). The molecule has 1 aromatic heterocycles. The third kappa shape index (κ3) is 5.62. The van der Waals surface area contributed by atoms with E-state index in [0.29, 0.717) is 0 Å². The van der Waals surface area contributed by atoms with Gasteiger partial charge in [-0.1, -0.05) is 24.3 Å². The molecule has 2 aromatic rings. The number of para-hydroxylation sites is 1. The van der Waals surface area contributed by atoms with Crippen molar-refractivity contribution >= 4 is 11.8 Å². The molecular weight excluding hydrogens is 350 g/mol. The Morgan fingerprint density at radius 2 is 1.93 bits per heavy atom. The molecule has 1 unspecified atom stereocenters. The van der Waals surface area contributed by atoms with Gasteiger partial charge in [0, 0.05) is 38.3 Å². The molecule has 28 heavy (non-hydrogen) atoms. The highest BCUT2D eigenvalue weighted by atomic mass is 16.5. The van der Waals surface area contributed by atoms with Gasteiger partial charge in [-0.2, -0.15) is 0 Å². The average Bonchev–Trinajstić information content (AvgIpc) is 2.69. The van der Waals surface area contributed by atoms with Gasteiger partial charge in [-0.05, 0) is 44.9 Å². The minimum atomic E-state index is -0.206. The first kappa shape index (κ1) is 20.0. The van der Waals surface area contributed by atoms with Crippen LogP contribution in [0.3, 0.4) is 0 Å². The quantitative estimate of drug-likeness (QED) is 0.387. The van der Waals surface area contributed by atoms with Crippen LogP contribution >= 0.6 is 0 Å². The third-order valence-corrected chi connectivity index (χ3v) is 4.78. The number of rotatable bonds is 7. The van der Waals surface area contributed by atoms with Gasteiger partial charge in [0.1, 0.15) is 17.2 Å². The van der Waals surface area contributed by atoms with Crippen LogP contribution in [0.2, 0.25) is 0 Å². The number of unbranched alkanes of at least 4 members (excludes halogenated alkanes) is 1. The summed E-state index contributed by atoms with van der Waals surface area (Å²) in [5.74, 6) is 2.70. The molecule has 1 aliphatic heterocycles. The second-order valence-electron chi connectivity index (χ2n) is 7.65. The Hall–Kier alpha value is -2.76. The lowest BCUT2D eigenvalue weighted by molar-refractivity contribution is 0.0694. The summed E-state index contributed by atoms with van der Waals surface area (Å²) in [6.45, 7) is 6.04. The number of anilines is 1. The van der Waals surface area contributed by atoms with Crippen LogP contribution in [0.5, 0.6) is 5.75 Å². The van der Waals surface area contributed by atoms with Gasteiger partial charge >= 0.3 is 0 Å². The SMILES string of the molecule is CN=C(NCCCCNc1ccccn1)NC1CC(C)(C)Oc2ccccc21. The summed E-state index contributed by atoms with van der Waals surface area (Å²) >= 11 is 0. The largest absolute Gasteiger partial charge is 0.487 e. The van der Waals surface area contributed by atoms with Gasteiger partial charge in [0.05, 0.1) is 6.04 Å². The molecule has 1 aromatic carbocycles. The molecule has 0 aliphatic carbocycles. The van der Waals surface area contributed by atoms with Gasteiger partial charge in [0.25, 0.3) is 0 Å². The number of benzene rings is 1. The molecular formula is C22H31N5O. The highest BCUT2D eigenvalue weighted by molar-refractivity contribution is 5.80. The molecule has 150 valence electrons. The van der Waals surface area contributed by atoms with Crippen molar-refractivity contribution in [2.24, 2.45) is 4.99 Å². The van der Waals surface area contributed by atoms with Gasteiger partial charge in [0.15, 0.2) is 5.96 Å². The number of fused-ring (bicyclic) bond motifs is 1. The standard InChI is InChI=1S/C22H31N5O/c1-22(2)16-18(17-10-4-5-11-19(17)28-22)27-21(23-3)26-15-9-8-14-25-20-12-6-7-13-24-20/h4-7,10-13,18H,8-9,14-16H2,1-3H3,(H,24,25)(H2,23,26,27). The lowest BCUT2D eigenvalue weighted by Crippen LogP contribution is -2.45. The zero-order valence-corrected chi connectivity index (χ0v) is 17.0. The predicted octanol–water partition coefficient (Wildman–Crippen LogP) is 3.74. The summed E-state index contributed by atoms with van der Waals surface area (Å²) in [6, 6.07) is 14.3. The van der Waals surface area contributed by atoms with E-state index in [-0.39, 0.29) is 11.6 Å². The Kier molecular flexibility index (Phi) is 6.74. The van der Waals surface area contributed by atoms with Crippen LogP contribution in [-0.4, -0.2) is 36.7 Å². The molecule has 6 heteroatoms. The molecule has 0 spiro atoms. The fourth-order valence-electron chi connectivity index (χ4n) is 3.43. The van der Waals surface area contributed by atoms with Crippen molar-refractivity contribution in [3.05, 3.63) is 54.2 Å². The number of nitrogens with one attached hydrogen (secondary N) is 3. The topological polar surface area (TPSA) is 70.6 Å².